The third-order valence-electron chi connectivity index (χ3n) is 3.02. The maximum atomic E-state index is 12.2. The second kappa shape index (κ2) is 7.17. The number of aromatic nitrogens is 2. The first-order valence-electron chi connectivity index (χ1n) is 6.74. The van der Waals surface area contributed by atoms with Crippen LogP contribution in [0.4, 0.5) is 0 Å². The standard InChI is InChI=1S/C13H20N4O2S2/c1-11-9-13(20-12(11)10-14-2)21(18,19)16-6-4-8-17-7-3-5-15-17/h3,5,7,9,14,16H,4,6,8,10H2,1-2H3. The molecule has 0 fully saturated rings. The predicted octanol–water partition coefficient (Wildman–Crippen LogP) is 1.34. The Morgan fingerprint density at radius 3 is 2.90 bits per heavy atom. The van der Waals surface area contributed by atoms with E-state index >= 15 is 0 Å². The lowest BCUT2D eigenvalue weighted by atomic mass is 10.3. The van der Waals surface area contributed by atoms with Crippen LogP contribution in [0.1, 0.15) is 16.9 Å². The van der Waals surface area contributed by atoms with Gasteiger partial charge in [0.25, 0.3) is 0 Å². The SMILES string of the molecule is CNCc1sc(S(=O)(=O)NCCCn2cccn2)cc1C. The van der Waals surface area contributed by atoms with Crippen molar-refractivity contribution in [1.29, 1.82) is 0 Å². The molecule has 0 aliphatic carbocycles. The Kier molecular flexibility index (Phi) is 5.51. The van der Waals surface area contributed by atoms with Gasteiger partial charge in [0.15, 0.2) is 0 Å². The Bertz CT molecular complexity index is 662. The molecule has 0 aliphatic rings. The van der Waals surface area contributed by atoms with Gasteiger partial charge in [-0.15, -0.1) is 11.3 Å². The zero-order chi connectivity index (χ0) is 15.3. The van der Waals surface area contributed by atoms with E-state index in [4.69, 9.17) is 0 Å². The maximum Gasteiger partial charge on any atom is 0.250 e. The quantitative estimate of drug-likeness (QED) is 0.717. The molecule has 2 heterocycles. The van der Waals surface area contributed by atoms with Crippen molar-refractivity contribution in [2.45, 2.75) is 30.6 Å². The molecule has 0 aliphatic heterocycles. The first kappa shape index (κ1) is 16.2. The Labute approximate surface area is 129 Å². The van der Waals surface area contributed by atoms with Crippen LogP contribution in [0.5, 0.6) is 0 Å². The second-order valence-electron chi connectivity index (χ2n) is 4.72. The maximum absolute atomic E-state index is 12.2. The summed E-state index contributed by atoms with van der Waals surface area (Å²) in [7, 11) is -1.56. The van der Waals surface area contributed by atoms with E-state index in [0.29, 0.717) is 30.3 Å². The van der Waals surface area contributed by atoms with Gasteiger partial charge in [-0.2, -0.15) is 5.10 Å². The van der Waals surface area contributed by atoms with Gasteiger partial charge in [0.2, 0.25) is 10.0 Å². The summed E-state index contributed by atoms with van der Waals surface area (Å²) < 4.78 is 29.2. The number of thiophene rings is 1. The van der Waals surface area contributed by atoms with Crippen molar-refractivity contribution in [3.63, 3.8) is 0 Å². The fourth-order valence-corrected chi connectivity index (χ4v) is 4.63. The molecule has 116 valence electrons. The molecule has 0 bridgehead atoms. The van der Waals surface area contributed by atoms with Gasteiger partial charge < -0.3 is 5.32 Å². The van der Waals surface area contributed by atoms with Crippen LogP contribution in [0.15, 0.2) is 28.7 Å². The van der Waals surface area contributed by atoms with Crippen LogP contribution >= 0.6 is 11.3 Å². The summed E-state index contributed by atoms with van der Waals surface area (Å²) >= 11 is 1.32. The van der Waals surface area contributed by atoms with Crippen molar-refractivity contribution in [1.82, 2.24) is 19.8 Å². The van der Waals surface area contributed by atoms with E-state index in [1.165, 1.54) is 11.3 Å². The van der Waals surface area contributed by atoms with Gasteiger partial charge in [-0.3, -0.25) is 4.68 Å². The van der Waals surface area contributed by atoms with E-state index in [1.807, 2.05) is 26.2 Å². The molecular formula is C13H20N4O2S2. The van der Waals surface area contributed by atoms with Gasteiger partial charge in [0.05, 0.1) is 0 Å². The van der Waals surface area contributed by atoms with E-state index in [0.717, 1.165) is 10.4 Å². The molecule has 21 heavy (non-hydrogen) atoms. The predicted molar refractivity (Wildman–Crippen MR) is 83.9 cm³/mol. The molecule has 0 aromatic carbocycles. The molecule has 0 saturated carbocycles. The number of hydrogen-bond acceptors (Lipinski definition) is 5. The van der Waals surface area contributed by atoms with Crippen molar-refractivity contribution in [3.8, 4) is 0 Å². The largest absolute Gasteiger partial charge is 0.315 e. The number of hydrogen-bond donors (Lipinski definition) is 2. The molecule has 0 saturated heterocycles. The fraction of sp³-hybridized carbons (Fsp3) is 0.462. The molecule has 2 N–H and O–H groups in total. The molecule has 2 aromatic heterocycles. The van der Waals surface area contributed by atoms with Crippen LogP contribution < -0.4 is 10.0 Å². The van der Waals surface area contributed by atoms with Crippen LogP contribution in [0.3, 0.4) is 0 Å². The third kappa shape index (κ3) is 4.37. The molecular weight excluding hydrogens is 308 g/mol. The smallest absolute Gasteiger partial charge is 0.250 e. The summed E-state index contributed by atoms with van der Waals surface area (Å²) in [5.74, 6) is 0. The van der Waals surface area contributed by atoms with Crippen molar-refractivity contribution in [2.75, 3.05) is 13.6 Å². The second-order valence-corrected chi connectivity index (χ2v) is 7.85. The number of nitrogens with zero attached hydrogens (tertiary/aromatic N) is 2. The Balaban J connectivity index is 1.90. The van der Waals surface area contributed by atoms with Gasteiger partial charge >= 0.3 is 0 Å². The van der Waals surface area contributed by atoms with Gasteiger partial charge in [-0.25, -0.2) is 13.1 Å². The summed E-state index contributed by atoms with van der Waals surface area (Å²) in [6.45, 7) is 3.72. The highest BCUT2D eigenvalue weighted by atomic mass is 32.2. The number of rotatable bonds is 8. The summed E-state index contributed by atoms with van der Waals surface area (Å²) in [5.41, 5.74) is 1.01. The minimum Gasteiger partial charge on any atom is -0.315 e. The fourth-order valence-electron chi connectivity index (χ4n) is 1.91. The van der Waals surface area contributed by atoms with Crippen LogP contribution in [0, 0.1) is 6.92 Å². The first-order chi connectivity index (χ1) is 10.0. The normalized spacial score (nSPS) is 11.9. The highest BCUT2D eigenvalue weighted by Gasteiger charge is 2.18. The van der Waals surface area contributed by atoms with E-state index < -0.39 is 10.0 Å². The Morgan fingerprint density at radius 1 is 1.43 bits per heavy atom. The first-order valence-corrected chi connectivity index (χ1v) is 9.04. The van der Waals surface area contributed by atoms with Crippen LogP contribution in [0.25, 0.3) is 0 Å². The lowest BCUT2D eigenvalue weighted by Gasteiger charge is -2.05. The van der Waals surface area contributed by atoms with Crippen molar-refractivity contribution < 1.29 is 8.42 Å². The van der Waals surface area contributed by atoms with Crippen molar-refractivity contribution in [3.05, 3.63) is 35.0 Å². The summed E-state index contributed by atoms with van der Waals surface area (Å²) in [4.78, 5) is 1.05. The molecule has 2 rings (SSSR count). The van der Waals surface area contributed by atoms with Crippen LogP contribution in [-0.4, -0.2) is 31.8 Å². The average molecular weight is 328 g/mol. The molecule has 0 spiro atoms. The molecule has 0 atom stereocenters. The summed E-state index contributed by atoms with van der Waals surface area (Å²) in [6.07, 6.45) is 4.28. The van der Waals surface area contributed by atoms with Gasteiger partial charge in [-0.05, 0) is 38.1 Å². The van der Waals surface area contributed by atoms with E-state index in [-0.39, 0.29) is 0 Å². The molecule has 2 aromatic rings. The Hall–Kier alpha value is -1.22. The lowest BCUT2D eigenvalue weighted by molar-refractivity contribution is 0.554. The van der Waals surface area contributed by atoms with Crippen LogP contribution in [-0.2, 0) is 23.1 Å². The zero-order valence-corrected chi connectivity index (χ0v) is 13.8. The van der Waals surface area contributed by atoms with E-state index in [2.05, 4.69) is 15.1 Å². The minimum absolute atomic E-state index is 0.379. The number of aryl methyl sites for hydroxylation is 2. The van der Waals surface area contributed by atoms with Crippen molar-refractivity contribution >= 4 is 21.4 Å². The highest BCUT2D eigenvalue weighted by molar-refractivity contribution is 7.91. The number of nitrogens with one attached hydrogen (secondary N) is 2. The molecule has 8 heteroatoms. The zero-order valence-electron chi connectivity index (χ0n) is 12.2. The van der Waals surface area contributed by atoms with Gasteiger partial charge in [0, 0.05) is 36.9 Å². The van der Waals surface area contributed by atoms with E-state index in [1.54, 1.807) is 16.9 Å². The molecule has 6 nitrogen and oxygen atoms in total. The molecule has 0 amide bonds. The third-order valence-corrected chi connectivity index (χ3v) is 6.19. The van der Waals surface area contributed by atoms with Gasteiger partial charge in [0.1, 0.15) is 4.21 Å². The summed E-state index contributed by atoms with van der Waals surface area (Å²) in [5, 5.41) is 7.12. The highest BCUT2D eigenvalue weighted by Crippen LogP contribution is 2.25. The molecule has 0 unspecified atom stereocenters. The van der Waals surface area contributed by atoms with E-state index in [9.17, 15) is 8.42 Å². The monoisotopic (exact) mass is 328 g/mol. The topological polar surface area (TPSA) is 76.0 Å². The average Bonchev–Trinajstić information content (AvgIpc) is 3.06. The van der Waals surface area contributed by atoms with Crippen LogP contribution in [0.2, 0.25) is 0 Å². The molecule has 0 radical (unpaired) electrons. The number of sulfonamides is 1. The minimum atomic E-state index is -3.41. The van der Waals surface area contributed by atoms with Crippen molar-refractivity contribution in [2.24, 2.45) is 0 Å². The lowest BCUT2D eigenvalue weighted by Crippen LogP contribution is -2.24. The Morgan fingerprint density at radius 2 is 2.24 bits per heavy atom. The van der Waals surface area contributed by atoms with Gasteiger partial charge in [-0.1, -0.05) is 0 Å². The summed E-state index contributed by atoms with van der Waals surface area (Å²) in [6, 6.07) is 3.58.